The standard InChI is InChI=1S/C15H20N2O3/c1-3-17-11-12(10-16-17)15(18)13-6-4-5-7-14(13)20-9-8-19-2/h4-7,10-11,15,18H,3,8-9H2,1-2H3. The van der Waals surface area contributed by atoms with Gasteiger partial charge < -0.3 is 14.6 Å². The summed E-state index contributed by atoms with van der Waals surface area (Å²) in [6.07, 6.45) is 2.78. The summed E-state index contributed by atoms with van der Waals surface area (Å²) in [4.78, 5) is 0. The molecular weight excluding hydrogens is 256 g/mol. The number of hydrogen-bond acceptors (Lipinski definition) is 4. The summed E-state index contributed by atoms with van der Waals surface area (Å²) in [7, 11) is 1.63. The number of rotatable bonds is 7. The van der Waals surface area contributed by atoms with Crippen molar-refractivity contribution in [3.05, 3.63) is 47.8 Å². The molecule has 1 heterocycles. The molecule has 0 aliphatic rings. The van der Waals surface area contributed by atoms with Crippen LogP contribution in [-0.2, 0) is 11.3 Å². The van der Waals surface area contributed by atoms with Gasteiger partial charge in [0.15, 0.2) is 0 Å². The fourth-order valence-corrected chi connectivity index (χ4v) is 1.95. The molecule has 0 aliphatic carbocycles. The fourth-order valence-electron chi connectivity index (χ4n) is 1.95. The van der Waals surface area contributed by atoms with Crippen molar-refractivity contribution in [1.29, 1.82) is 0 Å². The Balaban J connectivity index is 2.18. The minimum Gasteiger partial charge on any atom is -0.491 e. The van der Waals surface area contributed by atoms with Crippen molar-refractivity contribution < 1.29 is 14.6 Å². The monoisotopic (exact) mass is 276 g/mol. The number of nitrogens with zero attached hydrogens (tertiary/aromatic N) is 2. The molecule has 5 nitrogen and oxygen atoms in total. The van der Waals surface area contributed by atoms with Crippen LogP contribution in [-0.4, -0.2) is 35.2 Å². The van der Waals surface area contributed by atoms with Crippen molar-refractivity contribution in [3.8, 4) is 5.75 Å². The van der Waals surface area contributed by atoms with E-state index in [4.69, 9.17) is 9.47 Å². The van der Waals surface area contributed by atoms with E-state index in [1.165, 1.54) is 0 Å². The van der Waals surface area contributed by atoms with Crippen LogP contribution in [0.25, 0.3) is 0 Å². The van der Waals surface area contributed by atoms with Crippen LogP contribution < -0.4 is 4.74 Å². The maximum absolute atomic E-state index is 10.5. The average Bonchev–Trinajstić information content (AvgIpc) is 2.96. The number of aromatic nitrogens is 2. The Morgan fingerprint density at radius 3 is 2.80 bits per heavy atom. The predicted molar refractivity (Wildman–Crippen MR) is 75.8 cm³/mol. The first-order chi connectivity index (χ1) is 9.76. The topological polar surface area (TPSA) is 56.5 Å². The van der Waals surface area contributed by atoms with E-state index in [0.717, 1.165) is 17.7 Å². The molecule has 0 aliphatic heterocycles. The number of ether oxygens (including phenoxy) is 2. The molecule has 5 heteroatoms. The van der Waals surface area contributed by atoms with Gasteiger partial charge in [-0.25, -0.2) is 0 Å². The van der Waals surface area contributed by atoms with Gasteiger partial charge in [0.1, 0.15) is 18.5 Å². The molecule has 2 rings (SSSR count). The number of aliphatic hydroxyl groups excluding tert-OH is 1. The van der Waals surface area contributed by atoms with Crippen LogP contribution in [0.4, 0.5) is 0 Å². The quantitative estimate of drug-likeness (QED) is 0.786. The number of benzene rings is 1. The van der Waals surface area contributed by atoms with Gasteiger partial charge in [0, 0.05) is 31.0 Å². The molecule has 0 saturated carbocycles. The molecule has 0 radical (unpaired) electrons. The van der Waals surface area contributed by atoms with Gasteiger partial charge in [0.25, 0.3) is 0 Å². The highest BCUT2D eigenvalue weighted by atomic mass is 16.5. The van der Waals surface area contributed by atoms with E-state index in [-0.39, 0.29) is 0 Å². The Morgan fingerprint density at radius 2 is 2.10 bits per heavy atom. The minimum absolute atomic E-state index is 0.453. The summed E-state index contributed by atoms with van der Waals surface area (Å²) in [6, 6.07) is 7.47. The zero-order valence-electron chi connectivity index (χ0n) is 11.8. The third-order valence-corrected chi connectivity index (χ3v) is 3.05. The SMILES string of the molecule is CCn1cc(C(O)c2ccccc2OCCOC)cn1. The lowest BCUT2D eigenvalue weighted by Gasteiger charge is -2.15. The second kappa shape index (κ2) is 7.07. The summed E-state index contributed by atoms with van der Waals surface area (Å²) in [5, 5.41) is 14.7. The van der Waals surface area contributed by atoms with Gasteiger partial charge >= 0.3 is 0 Å². The normalized spacial score (nSPS) is 12.3. The molecule has 1 atom stereocenters. The number of aryl methyl sites for hydroxylation is 1. The lowest BCUT2D eigenvalue weighted by molar-refractivity contribution is 0.142. The Bertz CT molecular complexity index is 539. The van der Waals surface area contributed by atoms with E-state index in [1.54, 1.807) is 18.0 Å². The van der Waals surface area contributed by atoms with Crippen LogP contribution in [0.2, 0.25) is 0 Å². The maximum atomic E-state index is 10.5. The molecule has 0 spiro atoms. The van der Waals surface area contributed by atoms with Gasteiger partial charge in [-0.3, -0.25) is 4.68 Å². The van der Waals surface area contributed by atoms with Crippen molar-refractivity contribution >= 4 is 0 Å². The van der Waals surface area contributed by atoms with Crippen LogP contribution in [0.1, 0.15) is 24.2 Å². The number of para-hydroxylation sites is 1. The van der Waals surface area contributed by atoms with Crippen LogP contribution in [0.15, 0.2) is 36.7 Å². The predicted octanol–water partition coefficient (Wildman–Crippen LogP) is 2.01. The van der Waals surface area contributed by atoms with E-state index in [1.807, 2.05) is 37.4 Å². The summed E-state index contributed by atoms with van der Waals surface area (Å²) in [6.45, 7) is 3.75. The number of hydrogen-bond donors (Lipinski definition) is 1. The van der Waals surface area contributed by atoms with Crippen molar-refractivity contribution in [3.63, 3.8) is 0 Å². The third-order valence-electron chi connectivity index (χ3n) is 3.05. The van der Waals surface area contributed by atoms with Crippen molar-refractivity contribution in [2.24, 2.45) is 0 Å². The van der Waals surface area contributed by atoms with E-state index in [0.29, 0.717) is 19.0 Å². The zero-order chi connectivity index (χ0) is 14.4. The van der Waals surface area contributed by atoms with Crippen LogP contribution in [0, 0.1) is 0 Å². The molecule has 0 amide bonds. The first-order valence-corrected chi connectivity index (χ1v) is 6.67. The minimum atomic E-state index is -0.742. The Labute approximate surface area is 118 Å². The largest absolute Gasteiger partial charge is 0.491 e. The smallest absolute Gasteiger partial charge is 0.125 e. The molecule has 2 aromatic rings. The lowest BCUT2D eigenvalue weighted by atomic mass is 10.0. The Hall–Kier alpha value is -1.85. The first-order valence-electron chi connectivity index (χ1n) is 6.67. The highest BCUT2D eigenvalue weighted by Crippen LogP contribution is 2.29. The summed E-state index contributed by atoms with van der Waals surface area (Å²) in [5.74, 6) is 0.668. The van der Waals surface area contributed by atoms with Gasteiger partial charge in [0.2, 0.25) is 0 Å². The van der Waals surface area contributed by atoms with Crippen molar-refractivity contribution in [2.45, 2.75) is 19.6 Å². The van der Waals surface area contributed by atoms with E-state index in [9.17, 15) is 5.11 Å². The molecule has 108 valence electrons. The van der Waals surface area contributed by atoms with Crippen LogP contribution in [0.3, 0.4) is 0 Å². The second-order valence-corrected chi connectivity index (χ2v) is 4.41. The molecule has 0 bridgehead atoms. The van der Waals surface area contributed by atoms with Crippen LogP contribution >= 0.6 is 0 Å². The summed E-state index contributed by atoms with van der Waals surface area (Å²) >= 11 is 0. The Kier molecular flexibility index (Phi) is 5.15. The van der Waals surface area contributed by atoms with Gasteiger partial charge in [-0.1, -0.05) is 18.2 Å². The van der Waals surface area contributed by atoms with E-state index >= 15 is 0 Å². The second-order valence-electron chi connectivity index (χ2n) is 4.41. The van der Waals surface area contributed by atoms with Crippen LogP contribution in [0.5, 0.6) is 5.75 Å². The van der Waals surface area contributed by atoms with Gasteiger partial charge in [-0.2, -0.15) is 5.10 Å². The molecule has 1 aromatic carbocycles. The van der Waals surface area contributed by atoms with Gasteiger partial charge in [-0.15, -0.1) is 0 Å². The zero-order valence-corrected chi connectivity index (χ0v) is 11.8. The van der Waals surface area contributed by atoms with Crippen molar-refractivity contribution in [1.82, 2.24) is 9.78 Å². The molecule has 20 heavy (non-hydrogen) atoms. The molecule has 0 fully saturated rings. The highest BCUT2D eigenvalue weighted by molar-refractivity contribution is 5.39. The van der Waals surface area contributed by atoms with Gasteiger partial charge in [-0.05, 0) is 13.0 Å². The average molecular weight is 276 g/mol. The highest BCUT2D eigenvalue weighted by Gasteiger charge is 2.16. The molecule has 1 N–H and O–H groups in total. The fraction of sp³-hybridized carbons (Fsp3) is 0.400. The summed E-state index contributed by atoms with van der Waals surface area (Å²) in [5.41, 5.74) is 1.49. The number of aliphatic hydroxyl groups is 1. The molecule has 1 aromatic heterocycles. The lowest BCUT2D eigenvalue weighted by Crippen LogP contribution is -2.08. The third kappa shape index (κ3) is 3.37. The molecular formula is C15H20N2O3. The van der Waals surface area contributed by atoms with Crippen molar-refractivity contribution in [2.75, 3.05) is 20.3 Å². The van der Waals surface area contributed by atoms with E-state index in [2.05, 4.69) is 5.10 Å². The Morgan fingerprint density at radius 1 is 1.30 bits per heavy atom. The van der Waals surface area contributed by atoms with E-state index < -0.39 is 6.10 Å². The maximum Gasteiger partial charge on any atom is 0.125 e. The summed E-state index contributed by atoms with van der Waals surface area (Å²) < 4.78 is 12.4. The molecule has 1 unspecified atom stereocenters. The first kappa shape index (κ1) is 14.6. The number of methoxy groups -OCH3 is 1. The molecule has 0 saturated heterocycles. The van der Waals surface area contributed by atoms with Gasteiger partial charge in [0.05, 0.1) is 12.8 Å².